The molecule has 3 rings (SSSR count). The van der Waals surface area contributed by atoms with Crippen molar-refractivity contribution in [3.05, 3.63) is 54.0 Å². The summed E-state index contributed by atoms with van der Waals surface area (Å²) in [6.07, 6.45) is 1.79. The van der Waals surface area contributed by atoms with E-state index in [2.05, 4.69) is 20.3 Å². The highest BCUT2D eigenvalue weighted by molar-refractivity contribution is 5.94. The molecule has 0 unspecified atom stereocenters. The fourth-order valence-electron chi connectivity index (χ4n) is 2.38. The highest BCUT2D eigenvalue weighted by Gasteiger charge is 2.15. The number of pyridine rings is 1. The van der Waals surface area contributed by atoms with Crippen molar-refractivity contribution in [3.8, 4) is 11.5 Å². The average Bonchev–Trinajstić information content (AvgIpc) is 3.04. The molecule has 1 aromatic carbocycles. The molecule has 0 aliphatic carbocycles. The van der Waals surface area contributed by atoms with Gasteiger partial charge in [0, 0.05) is 11.8 Å². The van der Waals surface area contributed by atoms with E-state index in [1.54, 1.807) is 23.6 Å². The number of carbonyl (C=O) groups excluding carboxylic acids is 1. The lowest BCUT2D eigenvalue weighted by Gasteiger charge is -2.12. The monoisotopic (exact) mass is 362 g/mol. The summed E-state index contributed by atoms with van der Waals surface area (Å²) in [5, 5.41) is 10.7. The molecule has 136 valence electrons. The Morgan fingerprint density at radius 3 is 2.85 bits per heavy atom. The lowest BCUT2D eigenvalue weighted by Crippen LogP contribution is -2.24. The molecule has 0 fully saturated rings. The van der Waals surface area contributed by atoms with E-state index in [-0.39, 0.29) is 30.2 Å². The molecule has 2 heterocycles. The van der Waals surface area contributed by atoms with Gasteiger partial charge in [-0.15, -0.1) is 10.2 Å². The molecule has 0 aliphatic rings. The summed E-state index contributed by atoms with van der Waals surface area (Å²) in [4.78, 5) is 12.4. The molecule has 9 heteroatoms. The summed E-state index contributed by atoms with van der Waals surface area (Å²) in [7, 11) is 0. The molecule has 0 saturated carbocycles. The molecule has 0 saturated heterocycles. The lowest BCUT2D eigenvalue weighted by atomic mass is 10.2. The number of aromatic nitrogens is 3. The van der Waals surface area contributed by atoms with Gasteiger partial charge in [-0.1, -0.05) is 6.07 Å². The van der Waals surface area contributed by atoms with Crippen LogP contribution in [0.3, 0.4) is 0 Å². The van der Waals surface area contributed by atoms with Gasteiger partial charge in [-0.25, -0.2) is 0 Å². The van der Waals surface area contributed by atoms with E-state index in [0.717, 1.165) is 0 Å². The van der Waals surface area contributed by atoms with Crippen LogP contribution in [-0.2, 0) is 6.54 Å². The number of amides is 1. The fourth-order valence-corrected chi connectivity index (χ4v) is 2.38. The Labute approximate surface area is 147 Å². The van der Waals surface area contributed by atoms with Gasteiger partial charge in [-0.2, -0.15) is 8.78 Å². The highest BCUT2D eigenvalue weighted by Crippen LogP contribution is 2.29. The molecule has 3 aromatic rings. The lowest BCUT2D eigenvalue weighted by molar-refractivity contribution is -0.0514. The smallest absolute Gasteiger partial charge is 0.387 e. The van der Waals surface area contributed by atoms with Gasteiger partial charge in [0.1, 0.15) is 0 Å². The summed E-state index contributed by atoms with van der Waals surface area (Å²) in [6, 6.07) is 9.49. The zero-order valence-corrected chi connectivity index (χ0v) is 13.9. The van der Waals surface area contributed by atoms with Crippen molar-refractivity contribution in [1.82, 2.24) is 19.9 Å². The normalized spacial score (nSPS) is 10.9. The number of alkyl halides is 2. The third kappa shape index (κ3) is 3.88. The Balaban J connectivity index is 1.73. The second-order valence-electron chi connectivity index (χ2n) is 5.20. The zero-order chi connectivity index (χ0) is 18.5. The summed E-state index contributed by atoms with van der Waals surface area (Å²) in [5.74, 6) is 0.120. The molecule has 0 radical (unpaired) electrons. The van der Waals surface area contributed by atoms with Gasteiger partial charge < -0.3 is 14.8 Å². The standard InChI is InChI=1S/C17H16F2N4O3/c1-2-25-13-9-11(6-7-12(13)26-17(18)19)16(24)20-10-15-22-21-14-5-3-4-8-23(14)15/h3-9,17H,2,10H2,1H3,(H,20,24). The third-order valence-electron chi connectivity index (χ3n) is 3.51. The number of fused-ring (bicyclic) bond motifs is 1. The number of carbonyl (C=O) groups is 1. The maximum Gasteiger partial charge on any atom is 0.387 e. The van der Waals surface area contributed by atoms with Crippen LogP contribution in [0, 0.1) is 0 Å². The minimum absolute atomic E-state index is 0.0772. The van der Waals surface area contributed by atoms with Crippen molar-refractivity contribution >= 4 is 11.6 Å². The van der Waals surface area contributed by atoms with E-state index in [1.165, 1.54) is 18.2 Å². The average molecular weight is 362 g/mol. The minimum atomic E-state index is -2.98. The summed E-state index contributed by atoms with van der Waals surface area (Å²) in [5.41, 5.74) is 0.924. The van der Waals surface area contributed by atoms with Crippen molar-refractivity contribution in [3.63, 3.8) is 0 Å². The Kier molecular flexibility index (Phi) is 5.26. The highest BCUT2D eigenvalue weighted by atomic mass is 19.3. The molecule has 0 spiro atoms. The van der Waals surface area contributed by atoms with Crippen LogP contribution in [-0.4, -0.2) is 33.7 Å². The van der Waals surface area contributed by atoms with Gasteiger partial charge in [-0.05, 0) is 37.3 Å². The van der Waals surface area contributed by atoms with E-state index >= 15 is 0 Å². The third-order valence-corrected chi connectivity index (χ3v) is 3.51. The molecule has 0 aliphatic heterocycles. The molecule has 0 bridgehead atoms. The number of hydrogen-bond acceptors (Lipinski definition) is 5. The van der Waals surface area contributed by atoms with Crippen molar-refractivity contribution in [1.29, 1.82) is 0 Å². The number of hydrogen-bond donors (Lipinski definition) is 1. The van der Waals surface area contributed by atoms with Crippen LogP contribution in [0.25, 0.3) is 5.65 Å². The van der Waals surface area contributed by atoms with Gasteiger partial charge in [0.2, 0.25) is 0 Å². The van der Waals surface area contributed by atoms with Crippen LogP contribution in [0.2, 0.25) is 0 Å². The first-order valence-electron chi connectivity index (χ1n) is 7.87. The van der Waals surface area contributed by atoms with Crippen molar-refractivity contribution < 1.29 is 23.0 Å². The van der Waals surface area contributed by atoms with Gasteiger partial charge in [0.05, 0.1) is 13.2 Å². The van der Waals surface area contributed by atoms with Crippen LogP contribution in [0.4, 0.5) is 8.78 Å². The van der Waals surface area contributed by atoms with Crippen LogP contribution >= 0.6 is 0 Å². The Morgan fingerprint density at radius 2 is 2.08 bits per heavy atom. The molecule has 1 amide bonds. The number of ether oxygens (including phenoxy) is 2. The van der Waals surface area contributed by atoms with E-state index < -0.39 is 12.5 Å². The number of nitrogens with one attached hydrogen (secondary N) is 1. The molecular formula is C17H16F2N4O3. The molecule has 26 heavy (non-hydrogen) atoms. The Morgan fingerprint density at radius 1 is 1.23 bits per heavy atom. The fraction of sp³-hybridized carbons (Fsp3) is 0.235. The van der Waals surface area contributed by atoms with Crippen LogP contribution in [0.1, 0.15) is 23.1 Å². The maximum atomic E-state index is 12.4. The van der Waals surface area contributed by atoms with Crippen molar-refractivity contribution in [2.45, 2.75) is 20.1 Å². The van der Waals surface area contributed by atoms with Crippen molar-refractivity contribution in [2.24, 2.45) is 0 Å². The predicted molar refractivity (Wildman–Crippen MR) is 88.4 cm³/mol. The largest absolute Gasteiger partial charge is 0.490 e. The molecule has 7 nitrogen and oxygen atoms in total. The van der Waals surface area contributed by atoms with Crippen LogP contribution in [0.5, 0.6) is 11.5 Å². The second kappa shape index (κ2) is 7.77. The quantitative estimate of drug-likeness (QED) is 0.699. The van der Waals surface area contributed by atoms with Crippen LogP contribution in [0.15, 0.2) is 42.6 Å². The van der Waals surface area contributed by atoms with Gasteiger partial charge >= 0.3 is 6.61 Å². The van der Waals surface area contributed by atoms with E-state index in [1.807, 2.05) is 12.1 Å². The van der Waals surface area contributed by atoms with E-state index in [0.29, 0.717) is 11.5 Å². The second-order valence-corrected chi connectivity index (χ2v) is 5.20. The van der Waals surface area contributed by atoms with Crippen LogP contribution < -0.4 is 14.8 Å². The number of rotatable bonds is 7. The SMILES string of the molecule is CCOc1cc(C(=O)NCc2nnc3ccccn23)ccc1OC(F)F. The topological polar surface area (TPSA) is 77.8 Å². The van der Waals surface area contributed by atoms with E-state index in [4.69, 9.17) is 4.74 Å². The van der Waals surface area contributed by atoms with Gasteiger partial charge in [-0.3, -0.25) is 9.20 Å². The summed E-state index contributed by atoms with van der Waals surface area (Å²) < 4.78 is 36.3. The number of benzene rings is 1. The number of nitrogens with zero attached hydrogens (tertiary/aromatic N) is 3. The molecular weight excluding hydrogens is 346 g/mol. The first-order chi connectivity index (χ1) is 12.6. The zero-order valence-electron chi connectivity index (χ0n) is 13.9. The molecule has 0 atom stereocenters. The van der Waals surface area contributed by atoms with Gasteiger partial charge in [0.25, 0.3) is 5.91 Å². The summed E-state index contributed by atoms with van der Waals surface area (Å²) >= 11 is 0. The Bertz CT molecular complexity index is 914. The molecule has 2 aromatic heterocycles. The van der Waals surface area contributed by atoms with E-state index in [9.17, 15) is 13.6 Å². The van der Waals surface area contributed by atoms with Gasteiger partial charge in [0.15, 0.2) is 23.0 Å². The summed E-state index contributed by atoms with van der Waals surface area (Å²) in [6.45, 7) is -0.871. The number of halogens is 2. The predicted octanol–water partition coefficient (Wildman–Crippen LogP) is 2.66. The van der Waals surface area contributed by atoms with Crippen molar-refractivity contribution in [2.75, 3.05) is 6.61 Å². The first-order valence-corrected chi connectivity index (χ1v) is 7.87. The maximum absolute atomic E-state index is 12.4. The minimum Gasteiger partial charge on any atom is -0.490 e. The first kappa shape index (κ1) is 17.6. The Hall–Kier alpha value is -3.23. The molecule has 1 N–H and O–H groups in total.